The molecular formula is C32H26BrN3O8S2. The van der Waals surface area contributed by atoms with Crippen molar-refractivity contribution in [2.24, 2.45) is 5.92 Å². The maximum Gasteiger partial charge on any atom is 0.338 e. The van der Waals surface area contributed by atoms with E-state index in [-0.39, 0.29) is 24.7 Å². The number of imide groups is 1. The summed E-state index contributed by atoms with van der Waals surface area (Å²) in [7, 11) is 1.40. The van der Waals surface area contributed by atoms with Crippen molar-refractivity contribution in [2.45, 2.75) is 29.7 Å². The van der Waals surface area contributed by atoms with Gasteiger partial charge in [-0.05, 0) is 73.2 Å². The minimum absolute atomic E-state index is 0.101. The van der Waals surface area contributed by atoms with Gasteiger partial charge in [0.05, 0.1) is 35.9 Å². The highest BCUT2D eigenvalue weighted by Crippen LogP contribution is 2.54. The Kier molecular flexibility index (Phi) is 8.77. The smallest absolute Gasteiger partial charge is 0.338 e. The van der Waals surface area contributed by atoms with Crippen molar-refractivity contribution in [1.82, 2.24) is 4.57 Å². The topological polar surface area (TPSA) is 144 Å². The van der Waals surface area contributed by atoms with Crippen molar-refractivity contribution in [3.8, 4) is 11.5 Å². The first kappa shape index (κ1) is 31.6. The highest BCUT2D eigenvalue weighted by molar-refractivity contribution is 9.10. The molecule has 14 heteroatoms. The lowest BCUT2D eigenvalue weighted by atomic mass is 9.83. The largest absolute Gasteiger partial charge is 0.504 e. The number of benzene rings is 3. The van der Waals surface area contributed by atoms with Crippen molar-refractivity contribution in [1.29, 1.82) is 0 Å². The molecule has 0 radical (unpaired) electrons. The number of thiazole rings is 1. The van der Waals surface area contributed by atoms with Crippen LogP contribution in [-0.4, -0.2) is 52.3 Å². The Bertz CT molecular complexity index is 1920. The number of halogens is 1. The fourth-order valence-corrected chi connectivity index (χ4v) is 8.63. The van der Waals surface area contributed by atoms with E-state index in [2.05, 4.69) is 21.2 Å². The van der Waals surface area contributed by atoms with Gasteiger partial charge in [-0.25, -0.2) is 9.69 Å². The van der Waals surface area contributed by atoms with Gasteiger partial charge >= 0.3 is 10.8 Å². The number of esters is 1. The fourth-order valence-electron chi connectivity index (χ4n) is 5.59. The first-order chi connectivity index (χ1) is 22.1. The Hall–Kier alpha value is -4.40. The van der Waals surface area contributed by atoms with Gasteiger partial charge in [0.2, 0.25) is 17.7 Å². The maximum atomic E-state index is 14.1. The quantitative estimate of drug-likeness (QED) is 0.190. The number of phenolic OH excluding ortho intramolecular Hbond substituents is 1. The van der Waals surface area contributed by atoms with Crippen LogP contribution in [0.3, 0.4) is 0 Å². The zero-order chi connectivity index (χ0) is 32.7. The Labute approximate surface area is 279 Å². The van der Waals surface area contributed by atoms with Crippen LogP contribution >= 0.6 is 39.0 Å². The summed E-state index contributed by atoms with van der Waals surface area (Å²) in [5.74, 6) is -3.34. The molecule has 2 N–H and O–H groups in total. The van der Waals surface area contributed by atoms with Crippen LogP contribution in [0.15, 0.2) is 81.0 Å². The molecule has 2 aliphatic rings. The summed E-state index contributed by atoms with van der Waals surface area (Å²) in [6.45, 7) is 1.59. The molecule has 0 bridgehead atoms. The average Bonchev–Trinajstić information content (AvgIpc) is 3.48. The van der Waals surface area contributed by atoms with Crippen LogP contribution in [0.1, 0.15) is 33.6 Å². The number of amides is 3. The monoisotopic (exact) mass is 723 g/mol. The molecule has 3 amide bonds. The summed E-state index contributed by atoms with van der Waals surface area (Å²) in [5, 5.41) is 12.6. The van der Waals surface area contributed by atoms with Crippen molar-refractivity contribution in [3.63, 3.8) is 0 Å². The van der Waals surface area contributed by atoms with Gasteiger partial charge in [0.1, 0.15) is 11.8 Å². The number of nitrogens with one attached hydrogen (secondary N) is 1. The summed E-state index contributed by atoms with van der Waals surface area (Å²) in [4.78, 5) is 67.8. The highest BCUT2D eigenvalue weighted by atomic mass is 79.9. The number of fused-ring (bicyclic) bond motifs is 2. The van der Waals surface area contributed by atoms with Crippen LogP contribution in [0.2, 0.25) is 0 Å². The van der Waals surface area contributed by atoms with Crippen molar-refractivity contribution in [2.75, 3.05) is 23.9 Å². The number of rotatable bonds is 8. The van der Waals surface area contributed by atoms with Gasteiger partial charge in [0.15, 0.2) is 11.5 Å². The van der Waals surface area contributed by atoms with Crippen molar-refractivity contribution >= 4 is 74.1 Å². The molecule has 1 saturated heterocycles. The summed E-state index contributed by atoms with van der Waals surface area (Å²) < 4.78 is 12.4. The van der Waals surface area contributed by atoms with Gasteiger partial charge in [-0.15, -0.1) is 0 Å². The molecule has 0 aliphatic carbocycles. The number of methoxy groups -OCH3 is 1. The number of anilines is 2. The fraction of sp³-hybridized carbons (Fsp3) is 0.219. The zero-order valence-electron chi connectivity index (χ0n) is 24.4. The van der Waals surface area contributed by atoms with E-state index in [0.29, 0.717) is 32.4 Å². The number of carbonyl (C=O) groups excluding carboxylic acids is 4. The van der Waals surface area contributed by atoms with E-state index in [1.165, 1.54) is 34.8 Å². The summed E-state index contributed by atoms with van der Waals surface area (Å²) in [6, 6.07) is 17.7. The first-order valence-electron chi connectivity index (χ1n) is 14.1. The van der Waals surface area contributed by atoms with Gasteiger partial charge in [-0.1, -0.05) is 45.1 Å². The van der Waals surface area contributed by atoms with E-state index < -0.39 is 45.6 Å². The third-order valence-electron chi connectivity index (χ3n) is 7.68. The molecule has 1 aromatic heterocycles. The zero-order valence-corrected chi connectivity index (χ0v) is 27.6. The number of hydrogen-bond donors (Lipinski definition) is 2. The molecule has 11 nitrogen and oxygen atoms in total. The van der Waals surface area contributed by atoms with Gasteiger partial charge in [0.25, 0.3) is 0 Å². The third kappa shape index (κ3) is 5.72. The second-order valence-corrected chi connectivity index (χ2v) is 13.5. The second kappa shape index (κ2) is 12.8. The number of phenols is 1. The van der Waals surface area contributed by atoms with E-state index in [9.17, 15) is 29.1 Å². The molecule has 3 atom stereocenters. The van der Waals surface area contributed by atoms with Crippen molar-refractivity contribution in [3.05, 3.63) is 96.9 Å². The minimum atomic E-state index is -0.882. The van der Waals surface area contributed by atoms with Crippen LogP contribution in [0.25, 0.3) is 0 Å². The predicted octanol–water partition coefficient (Wildman–Crippen LogP) is 5.00. The Morgan fingerprint density at radius 3 is 2.39 bits per heavy atom. The van der Waals surface area contributed by atoms with Gasteiger partial charge in [-0.3, -0.25) is 23.7 Å². The van der Waals surface area contributed by atoms with Crippen LogP contribution in [-0.2, 0) is 25.7 Å². The van der Waals surface area contributed by atoms with Gasteiger partial charge in [0, 0.05) is 21.0 Å². The molecule has 46 heavy (non-hydrogen) atoms. The van der Waals surface area contributed by atoms with Gasteiger partial charge < -0.3 is 19.9 Å². The van der Waals surface area contributed by atoms with E-state index in [4.69, 9.17) is 9.47 Å². The molecule has 2 aliphatic heterocycles. The molecule has 0 unspecified atom stereocenters. The number of aromatic nitrogens is 1. The number of nitrogens with zero attached hydrogens (tertiary/aromatic N) is 2. The molecule has 6 rings (SSSR count). The molecule has 1 fully saturated rings. The average molecular weight is 725 g/mol. The number of carbonyl (C=O) groups is 4. The van der Waals surface area contributed by atoms with Gasteiger partial charge in [-0.2, -0.15) is 0 Å². The van der Waals surface area contributed by atoms with E-state index in [1.807, 2.05) is 0 Å². The summed E-state index contributed by atoms with van der Waals surface area (Å²) >= 11 is 5.39. The summed E-state index contributed by atoms with van der Waals surface area (Å²) in [5.41, 5.74) is 1.74. The molecule has 4 aromatic rings. The number of hydrogen-bond acceptors (Lipinski definition) is 10. The number of thioether (sulfide) groups is 1. The maximum absolute atomic E-state index is 14.1. The number of ether oxygens (including phenoxy) is 2. The molecular weight excluding hydrogens is 698 g/mol. The second-order valence-electron chi connectivity index (χ2n) is 10.4. The predicted molar refractivity (Wildman–Crippen MR) is 176 cm³/mol. The molecule has 236 valence electrons. The molecule has 3 aromatic carbocycles. The standard InChI is InChI=1S/C32H26BrN3O8S2/c1-3-44-31(41)16-4-9-19(10-5-16)34-23(38)15-35-30-27(46-32(35)42)24(17-6-13-21(37)22(14-17)43-2)25-26(45-30)29(40)36(28(25)39)20-11-7-18(33)8-12-20/h4-14,24-26,37H,3,15H2,1-2H3,(H,34,38)/t24-,25+,26-/m0/s1. The van der Waals surface area contributed by atoms with E-state index in [1.54, 1.807) is 55.5 Å². The van der Waals surface area contributed by atoms with E-state index >= 15 is 0 Å². The normalized spacial score (nSPS) is 18.6. The first-order valence-corrected chi connectivity index (χ1v) is 16.6. The highest BCUT2D eigenvalue weighted by Gasteiger charge is 2.57. The Balaban J connectivity index is 1.36. The SMILES string of the molecule is CCOC(=O)c1ccc(NC(=O)Cn2c3c(sc2=O)[C@@H](c2ccc(O)c(OC)c2)[C@H]2C(=O)N(c4ccc(Br)cc4)C(=O)[C@H]2S3)cc1. The van der Waals surface area contributed by atoms with Crippen molar-refractivity contribution < 1.29 is 33.8 Å². The molecule has 3 heterocycles. The lowest BCUT2D eigenvalue weighted by molar-refractivity contribution is -0.122. The van der Waals surface area contributed by atoms with Crippen LogP contribution in [0, 0.1) is 5.92 Å². The third-order valence-corrected chi connectivity index (χ3v) is 10.8. The van der Waals surface area contributed by atoms with E-state index in [0.717, 1.165) is 27.6 Å². The van der Waals surface area contributed by atoms with Crippen LogP contribution in [0.4, 0.5) is 11.4 Å². The van der Waals surface area contributed by atoms with Crippen LogP contribution < -0.4 is 19.8 Å². The Morgan fingerprint density at radius 2 is 1.72 bits per heavy atom. The number of aromatic hydroxyl groups is 1. The summed E-state index contributed by atoms with van der Waals surface area (Å²) in [6.07, 6.45) is 0. The Morgan fingerprint density at radius 1 is 1.00 bits per heavy atom. The minimum Gasteiger partial charge on any atom is -0.504 e. The lowest BCUT2D eigenvalue weighted by Crippen LogP contribution is -2.33. The lowest BCUT2D eigenvalue weighted by Gasteiger charge is -2.31. The molecule has 0 saturated carbocycles. The molecule has 0 spiro atoms. The van der Waals surface area contributed by atoms with Crippen LogP contribution in [0.5, 0.6) is 11.5 Å².